The van der Waals surface area contributed by atoms with E-state index >= 15 is 0 Å². The number of aliphatic carboxylic acids is 1. The molecule has 0 heterocycles. The number of carboxylic acid groups (broad SMARTS) is 1. The molecule has 3 aliphatic carbocycles. The Morgan fingerprint density at radius 1 is 1.09 bits per heavy atom. The molecule has 1 N–H and O–H groups in total. The molecule has 2 bridgehead atoms. The third-order valence-electron chi connectivity index (χ3n) is 5.65. The van der Waals surface area contributed by atoms with Crippen LogP contribution < -0.4 is 0 Å². The Morgan fingerprint density at radius 2 is 1.59 bits per heavy atom. The number of aldehydes is 1. The Kier molecular flexibility index (Phi) is 2.45. The van der Waals surface area contributed by atoms with Gasteiger partial charge in [0.1, 0.15) is 6.29 Å². The zero-order valence-corrected chi connectivity index (χ0v) is 12.2. The zero-order chi connectivity index (χ0) is 15.5. The first kappa shape index (κ1) is 13.3. The summed E-state index contributed by atoms with van der Waals surface area (Å²) < 4.78 is 0. The van der Waals surface area contributed by atoms with Crippen molar-refractivity contribution in [2.45, 2.75) is 24.7 Å². The largest absolute Gasteiger partial charge is 0.481 e. The van der Waals surface area contributed by atoms with Crippen LogP contribution in [0.5, 0.6) is 0 Å². The summed E-state index contributed by atoms with van der Waals surface area (Å²) in [6.45, 7) is 1.71. The Balaban J connectivity index is 2.18. The Bertz CT molecular complexity index is 760. The molecule has 3 aliphatic rings. The highest BCUT2D eigenvalue weighted by Crippen LogP contribution is 2.63. The first-order chi connectivity index (χ1) is 10.6. The van der Waals surface area contributed by atoms with Gasteiger partial charge in [-0.15, -0.1) is 0 Å². The SMILES string of the molecule is CC1(C(=O)O)CC2c3ccccc3C1(C=O)c1ccccc12. The summed E-state index contributed by atoms with van der Waals surface area (Å²) in [5.41, 5.74) is 1.65. The number of carboxylic acids is 1. The fourth-order valence-electron chi connectivity index (χ4n) is 4.53. The molecule has 3 heteroatoms. The fourth-order valence-corrected chi connectivity index (χ4v) is 4.53. The van der Waals surface area contributed by atoms with E-state index in [9.17, 15) is 14.7 Å². The van der Waals surface area contributed by atoms with E-state index in [1.165, 1.54) is 0 Å². The highest BCUT2D eigenvalue weighted by atomic mass is 16.4. The van der Waals surface area contributed by atoms with Crippen LogP contribution in [0.25, 0.3) is 0 Å². The molecule has 5 rings (SSSR count). The molecule has 1 unspecified atom stereocenters. The maximum atomic E-state index is 12.3. The van der Waals surface area contributed by atoms with Crippen molar-refractivity contribution in [3.8, 4) is 0 Å². The van der Waals surface area contributed by atoms with Gasteiger partial charge in [0.2, 0.25) is 0 Å². The summed E-state index contributed by atoms with van der Waals surface area (Å²) in [7, 11) is 0. The predicted molar refractivity (Wildman–Crippen MR) is 81.9 cm³/mol. The van der Waals surface area contributed by atoms with Crippen LogP contribution in [0.15, 0.2) is 48.5 Å². The standard InChI is InChI=1S/C19H16O3/c1-18(17(21)22)10-14-12-6-2-4-8-15(12)19(18,11-20)16-9-5-3-7-13(14)16/h2-9,11,14H,10H2,1H3,(H,21,22). The van der Waals surface area contributed by atoms with E-state index in [-0.39, 0.29) is 5.92 Å². The van der Waals surface area contributed by atoms with Crippen molar-refractivity contribution >= 4 is 12.3 Å². The number of hydrogen-bond donors (Lipinski definition) is 1. The van der Waals surface area contributed by atoms with E-state index in [1.54, 1.807) is 6.92 Å². The highest BCUT2D eigenvalue weighted by molar-refractivity contribution is 5.92. The molecular weight excluding hydrogens is 276 g/mol. The minimum absolute atomic E-state index is 0.0373. The molecule has 0 aromatic heterocycles. The molecule has 0 aliphatic heterocycles. The van der Waals surface area contributed by atoms with Crippen LogP contribution in [0.2, 0.25) is 0 Å². The van der Waals surface area contributed by atoms with Gasteiger partial charge in [0, 0.05) is 5.92 Å². The molecule has 0 amide bonds. The van der Waals surface area contributed by atoms with Crippen LogP contribution in [0, 0.1) is 5.41 Å². The van der Waals surface area contributed by atoms with Gasteiger partial charge >= 0.3 is 5.97 Å². The second-order valence-corrected chi connectivity index (χ2v) is 6.49. The summed E-state index contributed by atoms with van der Waals surface area (Å²) >= 11 is 0. The van der Waals surface area contributed by atoms with Gasteiger partial charge in [-0.05, 0) is 35.6 Å². The van der Waals surface area contributed by atoms with Crippen LogP contribution in [0.4, 0.5) is 0 Å². The molecule has 0 fully saturated rings. The third-order valence-corrected chi connectivity index (χ3v) is 5.65. The molecule has 22 heavy (non-hydrogen) atoms. The molecule has 0 radical (unpaired) electrons. The average Bonchev–Trinajstić information content (AvgIpc) is 2.55. The van der Waals surface area contributed by atoms with Crippen molar-refractivity contribution in [1.29, 1.82) is 0 Å². The topological polar surface area (TPSA) is 54.4 Å². The highest BCUT2D eigenvalue weighted by Gasteiger charge is 2.64. The summed E-state index contributed by atoms with van der Waals surface area (Å²) in [5.74, 6) is -0.871. The van der Waals surface area contributed by atoms with Gasteiger partial charge < -0.3 is 9.90 Å². The van der Waals surface area contributed by atoms with Gasteiger partial charge in [0.05, 0.1) is 10.8 Å². The van der Waals surface area contributed by atoms with Crippen molar-refractivity contribution in [2.75, 3.05) is 0 Å². The minimum atomic E-state index is -1.12. The average molecular weight is 292 g/mol. The van der Waals surface area contributed by atoms with Gasteiger partial charge in [-0.2, -0.15) is 0 Å². The lowest BCUT2D eigenvalue weighted by Gasteiger charge is -2.55. The van der Waals surface area contributed by atoms with Crippen LogP contribution in [0.1, 0.15) is 41.5 Å². The lowest BCUT2D eigenvalue weighted by molar-refractivity contribution is -0.155. The van der Waals surface area contributed by atoms with Gasteiger partial charge in [-0.3, -0.25) is 4.79 Å². The number of rotatable bonds is 2. The quantitative estimate of drug-likeness (QED) is 0.865. The van der Waals surface area contributed by atoms with Crippen molar-refractivity contribution in [1.82, 2.24) is 0 Å². The van der Waals surface area contributed by atoms with E-state index in [0.717, 1.165) is 28.5 Å². The lowest BCUT2D eigenvalue weighted by Crippen LogP contribution is -2.58. The van der Waals surface area contributed by atoms with Gasteiger partial charge in [0.15, 0.2) is 0 Å². The Morgan fingerprint density at radius 3 is 2.05 bits per heavy atom. The van der Waals surface area contributed by atoms with Crippen molar-refractivity contribution < 1.29 is 14.7 Å². The number of fused-ring (bicyclic) bond motifs is 1. The minimum Gasteiger partial charge on any atom is -0.481 e. The van der Waals surface area contributed by atoms with Crippen LogP contribution in [-0.2, 0) is 15.0 Å². The first-order valence-electron chi connectivity index (χ1n) is 7.45. The second kappa shape index (κ2) is 4.07. The summed E-state index contributed by atoms with van der Waals surface area (Å²) in [6, 6.07) is 15.5. The van der Waals surface area contributed by atoms with E-state index in [2.05, 4.69) is 0 Å². The second-order valence-electron chi connectivity index (χ2n) is 6.49. The molecular formula is C19H16O3. The van der Waals surface area contributed by atoms with Crippen LogP contribution >= 0.6 is 0 Å². The molecule has 0 saturated carbocycles. The van der Waals surface area contributed by atoms with E-state index < -0.39 is 16.8 Å². The van der Waals surface area contributed by atoms with Crippen molar-refractivity contribution in [2.24, 2.45) is 5.41 Å². The summed E-state index contributed by atoms with van der Waals surface area (Å²) in [6.07, 6.45) is 1.31. The summed E-state index contributed by atoms with van der Waals surface area (Å²) in [4.78, 5) is 24.4. The van der Waals surface area contributed by atoms with Gasteiger partial charge in [-0.1, -0.05) is 48.5 Å². The van der Waals surface area contributed by atoms with Crippen LogP contribution in [-0.4, -0.2) is 17.4 Å². The zero-order valence-electron chi connectivity index (χ0n) is 12.2. The molecule has 2 aromatic carbocycles. The van der Waals surface area contributed by atoms with Gasteiger partial charge in [-0.25, -0.2) is 0 Å². The Labute approximate surface area is 128 Å². The fraction of sp³-hybridized carbons (Fsp3) is 0.263. The normalized spacial score (nSPS) is 31.2. The number of hydrogen-bond acceptors (Lipinski definition) is 2. The molecule has 1 atom stereocenters. The number of benzene rings is 2. The lowest BCUT2D eigenvalue weighted by atomic mass is 9.45. The van der Waals surface area contributed by atoms with Crippen LogP contribution in [0.3, 0.4) is 0 Å². The van der Waals surface area contributed by atoms with E-state index in [0.29, 0.717) is 6.42 Å². The maximum absolute atomic E-state index is 12.3. The maximum Gasteiger partial charge on any atom is 0.311 e. The smallest absolute Gasteiger partial charge is 0.311 e. The molecule has 3 nitrogen and oxygen atoms in total. The summed E-state index contributed by atoms with van der Waals surface area (Å²) in [5, 5.41) is 9.91. The molecule has 0 spiro atoms. The first-order valence-corrected chi connectivity index (χ1v) is 7.45. The van der Waals surface area contributed by atoms with Crippen molar-refractivity contribution in [3.05, 3.63) is 70.8 Å². The van der Waals surface area contributed by atoms with Crippen molar-refractivity contribution in [3.63, 3.8) is 0 Å². The monoisotopic (exact) mass is 292 g/mol. The Hall–Kier alpha value is -2.42. The van der Waals surface area contributed by atoms with E-state index in [4.69, 9.17) is 0 Å². The van der Waals surface area contributed by atoms with Gasteiger partial charge in [0.25, 0.3) is 0 Å². The molecule has 110 valence electrons. The molecule has 0 saturated heterocycles. The third kappa shape index (κ3) is 1.23. The number of carbonyl (C=O) groups excluding carboxylic acids is 1. The predicted octanol–water partition coefficient (Wildman–Crippen LogP) is 3.11. The van der Waals surface area contributed by atoms with E-state index in [1.807, 2.05) is 48.5 Å². The molecule has 2 aromatic rings. The number of carbonyl (C=O) groups is 2.